The van der Waals surface area contributed by atoms with E-state index in [2.05, 4.69) is 17.4 Å². The van der Waals surface area contributed by atoms with Gasteiger partial charge < -0.3 is 5.32 Å². The molecule has 0 bridgehead atoms. The maximum Gasteiger partial charge on any atom is 0.262 e. The molecule has 0 saturated heterocycles. The zero-order valence-corrected chi connectivity index (χ0v) is 13.9. The maximum atomic E-state index is 13.3. The van der Waals surface area contributed by atoms with Crippen molar-refractivity contribution in [2.75, 3.05) is 6.54 Å². The molecule has 23 heavy (non-hydrogen) atoms. The van der Waals surface area contributed by atoms with Gasteiger partial charge in [-0.15, -0.1) is 11.3 Å². The Hall–Kier alpha value is -1.91. The number of nitrogens with one attached hydrogen (secondary N) is 1. The number of carbonyl (C=O) groups excluding carboxylic acids is 1. The lowest BCUT2D eigenvalue weighted by Crippen LogP contribution is -2.24. The Morgan fingerprint density at radius 2 is 1.96 bits per heavy atom. The molecule has 0 spiro atoms. The third kappa shape index (κ3) is 3.71. The molecule has 0 unspecified atom stereocenters. The molecular weight excluding hydrogens is 333 g/mol. The predicted octanol–water partition coefficient (Wildman–Crippen LogP) is 5.06. The molecule has 0 saturated carbocycles. The summed E-state index contributed by atoms with van der Waals surface area (Å²) in [5.41, 5.74) is 1.25. The summed E-state index contributed by atoms with van der Waals surface area (Å²) in [5, 5.41) is 3.99. The lowest BCUT2D eigenvalue weighted by Gasteiger charge is -2.04. The second kappa shape index (κ2) is 7.11. The van der Waals surface area contributed by atoms with Crippen LogP contribution in [0, 0.1) is 5.82 Å². The highest BCUT2D eigenvalue weighted by Crippen LogP contribution is 2.35. The maximum absolute atomic E-state index is 13.3. The molecule has 1 N–H and O–H groups in total. The number of halogens is 2. The van der Waals surface area contributed by atoms with Crippen molar-refractivity contribution in [1.29, 1.82) is 0 Å². The molecule has 1 amide bonds. The van der Waals surface area contributed by atoms with Crippen LogP contribution in [-0.2, 0) is 6.42 Å². The summed E-state index contributed by atoms with van der Waals surface area (Å²) >= 11 is 7.46. The average molecular weight is 348 g/mol. The minimum absolute atomic E-state index is 0.204. The summed E-state index contributed by atoms with van der Waals surface area (Å²) in [7, 11) is 0. The third-order valence-electron chi connectivity index (χ3n) is 3.57. The standard InChI is InChI=1S/C18H15ClFNOS/c19-16-14-9-8-13(20)11-15(14)23-17(16)18(22)21-10-4-7-12-5-2-1-3-6-12/h1-3,5-6,8-9,11H,4,7,10H2,(H,21,22). The number of hydrogen-bond donors (Lipinski definition) is 1. The highest BCUT2D eigenvalue weighted by Gasteiger charge is 2.17. The summed E-state index contributed by atoms with van der Waals surface area (Å²) in [4.78, 5) is 12.7. The highest BCUT2D eigenvalue weighted by atomic mass is 35.5. The number of benzene rings is 2. The minimum atomic E-state index is -0.328. The van der Waals surface area contributed by atoms with Gasteiger partial charge in [0.1, 0.15) is 10.7 Å². The van der Waals surface area contributed by atoms with Crippen LogP contribution in [0.2, 0.25) is 5.02 Å². The molecule has 3 rings (SSSR count). The van der Waals surface area contributed by atoms with E-state index in [1.165, 1.54) is 29.0 Å². The predicted molar refractivity (Wildman–Crippen MR) is 93.9 cm³/mol. The van der Waals surface area contributed by atoms with Crippen molar-refractivity contribution in [1.82, 2.24) is 5.32 Å². The monoisotopic (exact) mass is 347 g/mol. The first-order chi connectivity index (χ1) is 11.1. The molecule has 2 nitrogen and oxygen atoms in total. The fourth-order valence-electron chi connectivity index (χ4n) is 2.40. The summed E-state index contributed by atoms with van der Waals surface area (Å²) in [6.07, 6.45) is 1.76. The molecule has 0 aliphatic carbocycles. The van der Waals surface area contributed by atoms with Crippen molar-refractivity contribution < 1.29 is 9.18 Å². The van der Waals surface area contributed by atoms with Crippen LogP contribution < -0.4 is 5.32 Å². The number of amides is 1. The van der Waals surface area contributed by atoms with E-state index in [0.29, 0.717) is 26.5 Å². The second-order valence-electron chi connectivity index (χ2n) is 5.23. The van der Waals surface area contributed by atoms with Gasteiger partial charge in [-0.3, -0.25) is 4.79 Å². The lowest BCUT2D eigenvalue weighted by atomic mass is 10.1. The number of rotatable bonds is 5. The first-order valence-electron chi connectivity index (χ1n) is 7.35. The van der Waals surface area contributed by atoms with E-state index in [9.17, 15) is 9.18 Å². The molecule has 2 aromatic carbocycles. The van der Waals surface area contributed by atoms with Crippen LogP contribution in [-0.4, -0.2) is 12.5 Å². The number of hydrogen-bond acceptors (Lipinski definition) is 2. The van der Waals surface area contributed by atoms with Gasteiger partial charge >= 0.3 is 0 Å². The SMILES string of the molecule is O=C(NCCCc1ccccc1)c1sc2cc(F)ccc2c1Cl. The van der Waals surface area contributed by atoms with Gasteiger partial charge in [0.2, 0.25) is 0 Å². The van der Waals surface area contributed by atoms with Crippen molar-refractivity contribution >= 4 is 38.9 Å². The molecule has 3 aromatic rings. The molecule has 0 atom stereocenters. The van der Waals surface area contributed by atoms with Crippen LogP contribution in [0.4, 0.5) is 4.39 Å². The first kappa shape index (κ1) is 16.0. The number of aryl methyl sites for hydroxylation is 1. The fourth-order valence-corrected chi connectivity index (χ4v) is 3.86. The molecule has 0 fully saturated rings. The van der Waals surface area contributed by atoms with E-state index in [0.717, 1.165) is 12.8 Å². The van der Waals surface area contributed by atoms with Gasteiger partial charge in [-0.05, 0) is 36.6 Å². The summed E-state index contributed by atoms with van der Waals surface area (Å²) in [6.45, 7) is 0.576. The van der Waals surface area contributed by atoms with Crippen LogP contribution in [0.1, 0.15) is 21.7 Å². The topological polar surface area (TPSA) is 29.1 Å². The van der Waals surface area contributed by atoms with Gasteiger partial charge in [-0.25, -0.2) is 4.39 Å². The van der Waals surface area contributed by atoms with E-state index < -0.39 is 0 Å². The number of carbonyl (C=O) groups is 1. The molecule has 0 aliphatic heterocycles. The van der Waals surface area contributed by atoms with Gasteiger partial charge in [0.05, 0.1) is 5.02 Å². The summed E-state index contributed by atoms with van der Waals surface area (Å²) in [5.74, 6) is -0.532. The molecular formula is C18H15ClFNOS. The van der Waals surface area contributed by atoms with Gasteiger partial charge in [-0.2, -0.15) is 0 Å². The smallest absolute Gasteiger partial charge is 0.262 e. The molecule has 5 heteroatoms. The number of thiophene rings is 1. The Kier molecular flexibility index (Phi) is 4.94. The van der Waals surface area contributed by atoms with Gasteiger partial charge in [0, 0.05) is 16.6 Å². The summed E-state index contributed by atoms with van der Waals surface area (Å²) < 4.78 is 13.9. The van der Waals surface area contributed by atoms with Gasteiger partial charge in [0.15, 0.2) is 0 Å². The average Bonchev–Trinajstić information content (AvgIpc) is 2.88. The fraction of sp³-hybridized carbons (Fsp3) is 0.167. The van der Waals surface area contributed by atoms with Gasteiger partial charge in [0.25, 0.3) is 5.91 Å². The van der Waals surface area contributed by atoms with Crippen LogP contribution >= 0.6 is 22.9 Å². The van der Waals surface area contributed by atoms with E-state index in [1.807, 2.05) is 18.2 Å². The molecule has 1 aromatic heterocycles. The molecule has 0 radical (unpaired) electrons. The van der Waals surface area contributed by atoms with Crippen molar-refractivity contribution in [3.8, 4) is 0 Å². The zero-order chi connectivity index (χ0) is 16.2. The molecule has 118 valence electrons. The van der Waals surface area contributed by atoms with Crippen LogP contribution in [0.25, 0.3) is 10.1 Å². The Morgan fingerprint density at radius 3 is 2.74 bits per heavy atom. The zero-order valence-electron chi connectivity index (χ0n) is 12.3. The molecule has 1 heterocycles. The minimum Gasteiger partial charge on any atom is -0.351 e. The van der Waals surface area contributed by atoms with E-state index >= 15 is 0 Å². The van der Waals surface area contributed by atoms with Crippen LogP contribution in [0.3, 0.4) is 0 Å². The normalized spacial score (nSPS) is 10.9. The Balaban J connectivity index is 1.61. The number of fused-ring (bicyclic) bond motifs is 1. The quantitative estimate of drug-likeness (QED) is 0.642. The Bertz CT molecular complexity index is 832. The Labute approximate surface area is 142 Å². The van der Waals surface area contributed by atoms with E-state index in [1.54, 1.807) is 6.07 Å². The largest absolute Gasteiger partial charge is 0.351 e. The van der Waals surface area contributed by atoms with E-state index in [-0.39, 0.29) is 11.7 Å². The first-order valence-corrected chi connectivity index (χ1v) is 8.54. The van der Waals surface area contributed by atoms with Crippen molar-refractivity contribution in [2.24, 2.45) is 0 Å². The van der Waals surface area contributed by atoms with Crippen molar-refractivity contribution in [3.05, 3.63) is 69.8 Å². The molecule has 0 aliphatic rings. The Morgan fingerprint density at radius 1 is 1.17 bits per heavy atom. The lowest BCUT2D eigenvalue weighted by molar-refractivity contribution is 0.0957. The van der Waals surface area contributed by atoms with Crippen LogP contribution in [0.5, 0.6) is 0 Å². The van der Waals surface area contributed by atoms with Crippen LogP contribution in [0.15, 0.2) is 48.5 Å². The summed E-state index contributed by atoms with van der Waals surface area (Å²) in [6, 6.07) is 14.5. The van der Waals surface area contributed by atoms with Crippen molar-refractivity contribution in [3.63, 3.8) is 0 Å². The highest BCUT2D eigenvalue weighted by molar-refractivity contribution is 7.21. The van der Waals surface area contributed by atoms with Crippen molar-refractivity contribution in [2.45, 2.75) is 12.8 Å². The second-order valence-corrected chi connectivity index (χ2v) is 6.66. The van der Waals surface area contributed by atoms with Gasteiger partial charge in [-0.1, -0.05) is 41.9 Å². The van der Waals surface area contributed by atoms with E-state index in [4.69, 9.17) is 11.6 Å². The third-order valence-corrected chi connectivity index (χ3v) is 5.22.